The number of esters is 1. The summed E-state index contributed by atoms with van der Waals surface area (Å²) in [5.41, 5.74) is 0.267. The van der Waals surface area contributed by atoms with Crippen LogP contribution in [0.15, 0.2) is 60.7 Å². The molecule has 8 nitrogen and oxygen atoms in total. The molecule has 3 N–H and O–H groups in total. The van der Waals surface area contributed by atoms with Gasteiger partial charge in [-0.15, -0.1) is 0 Å². The average molecular weight is 360 g/mol. The Kier molecular flexibility index (Phi) is 6.42. The number of ether oxygens (including phenoxy) is 2. The Morgan fingerprint density at radius 3 is 1.77 bits per heavy atom. The summed E-state index contributed by atoms with van der Waals surface area (Å²) in [5.74, 6) is -4.45. The summed E-state index contributed by atoms with van der Waals surface area (Å²) in [7, 11) is 0. The van der Waals surface area contributed by atoms with Crippen molar-refractivity contribution in [2.24, 2.45) is 0 Å². The maximum Gasteiger partial charge on any atom is 0.348 e. The number of carbonyl (C=O) groups is 3. The molecule has 2 aromatic carbocycles. The van der Waals surface area contributed by atoms with Gasteiger partial charge < -0.3 is 24.8 Å². The number of carbonyl (C=O) groups excluding carboxylic acids is 1. The van der Waals surface area contributed by atoms with Gasteiger partial charge in [0, 0.05) is 5.56 Å². The van der Waals surface area contributed by atoms with Crippen molar-refractivity contribution in [3.05, 3.63) is 71.8 Å². The number of carboxylic acid groups (broad SMARTS) is 2. The van der Waals surface area contributed by atoms with E-state index in [1.165, 1.54) is 36.4 Å². The Labute approximate surface area is 148 Å². The summed E-state index contributed by atoms with van der Waals surface area (Å²) < 4.78 is 9.76. The first-order valence-electron chi connectivity index (χ1n) is 7.50. The third kappa shape index (κ3) is 4.88. The molecule has 0 aromatic heterocycles. The summed E-state index contributed by atoms with van der Waals surface area (Å²) in [6.45, 7) is 0. The fraction of sp³-hybridized carbons (Fsp3) is 0.167. The molecule has 0 amide bonds. The second-order valence-electron chi connectivity index (χ2n) is 5.19. The van der Waals surface area contributed by atoms with E-state index < -0.39 is 36.4 Å². The van der Waals surface area contributed by atoms with Crippen LogP contribution < -0.4 is 0 Å². The summed E-state index contributed by atoms with van der Waals surface area (Å²) in [4.78, 5) is 34.9. The molecule has 0 spiro atoms. The summed E-state index contributed by atoms with van der Waals surface area (Å²) in [5, 5.41) is 28.6. The predicted octanol–water partition coefficient (Wildman–Crippen LogP) is 1.46. The fourth-order valence-corrected chi connectivity index (χ4v) is 2.09. The van der Waals surface area contributed by atoms with Crippen molar-refractivity contribution in [3.8, 4) is 0 Å². The molecule has 2 aromatic rings. The maximum atomic E-state index is 12.0. The normalized spacial score (nSPS) is 14.0. The average Bonchev–Trinajstić information content (AvgIpc) is 2.65. The van der Waals surface area contributed by atoms with Crippen molar-refractivity contribution < 1.29 is 39.2 Å². The zero-order chi connectivity index (χ0) is 19.1. The minimum absolute atomic E-state index is 0.0477. The van der Waals surface area contributed by atoms with Gasteiger partial charge in [-0.3, -0.25) is 0 Å². The molecule has 0 fully saturated rings. The number of aliphatic carboxylic acids is 2. The number of aliphatic hydroxyl groups is 1. The van der Waals surface area contributed by atoms with E-state index >= 15 is 0 Å². The fourth-order valence-electron chi connectivity index (χ4n) is 2.09. The van der Waals surface area contributed by atoms with Crippen LogP contribution in [0.2, 0.25) is 0 Å². The van der Waals surface area contributed by atoms with Gasteiger partial charge in [-0.25, -0.2) is 14.4 Å². The molecule has 0 saturated heterocycles. The first-order valence-corrected chi connectivity index (χ1v) is 7.50. The van der Waals surface area contributed by atoms with E-state index in [2.05, 4.69) is 0 Å². The highest BCUT2D eigenvalue weighted by atomic mass is 16.6. The van der Waals surface area contributed by atoms with E-state index in [1.54, 1.807) is 24.3 Å². The second-order valence-corrected chi connectivity index (χ2v) is 5.19. The number of benzene rings is 2. The predicted molar refractivity (Wildman–Crippen MR) is 87.2 cm³/mol. The Morgan fingerprint density at radius 1 is 0.769 bits per heavy atom. The van der Waals surface area contributed by atoms with Crippen LogP contribution in [0.5, 0.6) is 0 Å². The highest BCUT2D eigenvalue weighted by molar-refractivity contribution is 5.92. The summed E-state index contributed by atoms with van der Waals surface area (Å²) in [6, 6.07) is 15.3. The number of hydrogen-bond acceptors (Lipinski definition) is 6. The van der Waals surface area contributed by atoms with E-state index in [0.29, 0.717) is 0 Å². The minimum Gasteiger partial charge on any atom is -0.479 e. The van der Waals surface area contributed by atoms with Crippen molar-refractivity contribution in [3.63, 3.8) is 0 Å². The first kappa shape index (κ1) is 19.1. The van der Waals surface area contributed by atoms with E-state index in [1.807, 2.05) is 0 Å². The molecule has 0 aliphatic heterocycles. The first-order chi connectivity index (χ1) is 12.4. The lowest BCUT2D eigenvalue weighted by molar-refractivity contribution is -0.199. The molecule has 26 heavy (non-hydrogen) atoms. The third-order valence-corrected chi connectivity index (χ3v) is 3.37. The minimum atomic E-state index is -2.15. The number of aliphatic hydroxyl groups excluding tert-OH is 1. The number of carboxylic acids is 2. The molecule has 0 saturated carbocycles. The third-order valence-electron chi connectivity index (χ3n) is 3.37. The quantitative estimate of drug-likeness (QED) is 0.476. The Hall–Kier alpha value is -3.23. The van der Waals surface area contributed by atoms with Crippen LogP contribution in [0.4, 0.5) is 0 Å². The van der Waals surface area contributed by atoms with Gasteiger partial charge in [0.25, 0.3) is 0 Å². The van der Waals surface area contributed by atoms with E-state index in [0.717, 1.165) is 0 Å². The van der Waals surface area contributed by atoms with E-state index in [4.69, 9.17) is 9.47 Å². The van der Waals surface area contributed by atoms with Crippen LogP contribution in [0.25, 0.3) is 0 Å². The van der Waals surface area contributed by atoms with Gasteiger partial charge in [0.15, 0.2) is 6.29 Å². The molecular formula is C18H16O8. The lowest BCUT2D eigenvalue weighted by Gasteiger charge is -2.23. The van der Waals surface area contributed by atoms with Gasteiger partial charge in [-0.2, -0.15) is 0 Å². The molecule has 0 aliphatic rings. The summed E-state index contributed by atoms with van der Waals surface area (Å²) >= 11 is 0. The van der Waals surface area contributed by atoms with Crippen LogP contribution in [0.1, 0.15) is 22.2 Å². The molecule has 0 bridgehead atoms. The standard InChI is InChI=1S/C18H16O8/c19-15(20)13(25-17(23)11-7-3-1-4-8-11)14(16(21)22)26-18(24)12-9-5-2-6-10-12/h1-10,13-14,17,23H,(H,19,20)(H,21,22)/t13-,14-,17?/m1/s1. The summed E-state index contributed by atoms with van der Waals surface area (Å²) in [6.07, 6.45) is -5.98. The van der Waals surface area contributed by atoms with E-state index in [9.17, 15) is 29.7 Å². The zero-order valence-electron chi connectivity index (χ0n) is 13.4. The highest BCUT2D eigenvalue weighted by Gasteiger charge is 2.40. The topological polar surface area (TPSA) is 130 Å². The number of rotatable bonds is 8. The molecule has 0 aliphatic carbocycles. The Morgan fingerprint density at radius 2 is 1.27 bits per heavy atom. The number of hydrogen-bond donors (Lipinski definition) is 3. The van der Waals surface area contributed by atoms with Crippen molar-refractivity contribution in [1.82, 2.24) is 0 Å². The van der Waals surface area contributed by atoms with Gasteiger partial charge in [0.05, 0.1) is 5.56 Å². The molecule has 136 valence electrons. The van der Waals surface area contributed by atoms with Gasteiger partial charge >= 0.3 is 17.9 Å². The molecule has 0 radical (unpaired) electrons. The van der Waals surface area contributed by atoms with Gasteiger partial charge in [0.2, 0.25) is 12.2 Å². The largest absolute Gasteiger partial charge is 0.479 e. The lowest BCUT2D eigenvalue weighted by atomic mass is 10.1. The van der Waals surface area contributed by atoms with Gasteiger partial charge in [0.1, 0.15) is 0 Å². The van der Waals surface area contributed by atoms with Crippen molar-refractivity contribution >= 4 is 17.9 Å². The highest BCUT2D eigenvalue weighted by Crippen LogP contribution is 2.19. The maximum absolute atomic E-state index is 12.0. The SMILES string of the molecule is O=C(O[C@@H](C(=O)O)[C@@H](OC(O)c1ccccc1)C(=O)O)c1ccccc1. The zero-order valence-corrected chi connectivity index (χ0v) is 13.4. The van der Waals surface area contributed by atoms with Crippen LogP contribution in [0.3, 0.4) is 0 Å². The Bertz CT molecular complexity index is 759. The van der Waals surface area contributed by atoms with Gasteiger partial charge in [-0.1, -0.05) is 48.5 Å². The molecule has 2 rings (SSSR count). The van der Waals surface area contributed by atoms with Crippen LogP contribution in [-0.2, 0) is 19.1 Å². The second kappa shape index (κ2) is 8.75. The molecule has 1 unspecified atom stereocenters. The van der Waals surface area contributed by atoms with Crippen LogP contribution >= 0.6 is 0 Å². The van der Waals surface area contributed by atoms with E-state index in [-0.39, 0.29) is 11.1 Å². The monoisotopic (exact) mass is 360 g/mol. The van der Waals surface area contributed by atoms with Crippen molar-refractivity contribution in [1.29, 1.82) is 0 Å². The smallest absolute Gasteiger partial charge is 0.348 e. The van der Waals surface area contributed by atoms with Crippen molar-refractivity contribution in [2.75, 3.05) is 0 Å². The molecule has 0 heterocycles. The molecule has 3 atom stereocenters. The van der Waals surface area contributed by atoms with Crippen LogP contribution in [0, 0.1) is 0 Å². The van der Waals surface area contributed by atoms with Gasteiger partial charge in [-0.05, 0) is 12.1 Å². The van der Waals surface area contributed by atoms with Crippen molar-refractivity contribution in [2.45, 2.75) is 18.5 Å². The Balaban J connectivity index is 2.19. The van der Waals surface area contributed by atoms with Crippen LogP contribution in [-0.4, -0.2) is 45.4 Å². The molecular weight excluding hydrogens is 344 g/mol. The lowest BCUT2D eigenvalue weighted by Crippen LogP contribution is -2.45. The molecule has 8 heteroatoms.